The van der Waals surface area contributed by atoms with Gasteiger partial charge < -0.3 is 15.3 Å². The van der Waals surface area contributed by atoms with E-state index in [1.807, 2.05) is 12.1 Å². The van der Waals surface area contributed by atoms with Gasteiger partial charge in [-0.25, -0.2) is 4.79 Å². The van der Waals surface area contributed by atoms with Gasteiger partial charge in [0.25, 0.3) is 5.91 Å². The van der Waals surface area contributed by atoms with Crippen LogP contribution in [0.2, 0.25) is 10.0 Å². The van der Waals surface area contributed by atoms with Crippen LogP contribution in [0.3, 0.4) is 0 Å². The van der Waals surface area contributed by atoms with Crippen molar-refractivity contribution in [2.45, 2.75) is 51.2 Å². The molecule has 1 saturated carbocycles. The molecule has 0 atom stereocenters. The molecule has 4 rings (SSSR count). The maximum Gasteiger partial charge on any atom is 0.490 e. The molecule has 1 aliphatic carbocycles. The zero-order valence-corrected chi connectivity index (χ0v) is 23.2. The summed E-state index contributed by atoms with van der Waals surface area (Å²) < 4.78 is 31.7. The molecular weight excluding hydrogens is 554 g/mol. The molecule has 2 aliphatic rings. The van der Waals surface area contributed by atoms with Gasteiger partial charge in [0.2, 0.25) is 0 Å². The van der Waals surface area contributed by atoms with Crippen molar-refractivity contribution in [3.8, 4) is 0 Å². The Bertz CT molecular complexity index is 1110. The van der Waals surface area contributed by atoms with Gasteiger partial charge in [-0.15, -0.1) is 0 Å². The molecule has 39 heavy (non-hydrogen) atoms. The molecular formula is C28H34Cl2F3N3O3. The Hall–Kier alpha value is -2.33. The number of carboxylic acids is 1. The highest BCUT2D eigenvalue weighted by Crippen LogP contribution is 2.25. The van der Waals surface area contributed by atoms with Gasteiger partial charge in [-0.3, -0.25) is 9.69 Å². The largest absolute Gasteiger partial charge is 0.490 e. The number of halogens is 5. The van der Waals surface area contributed by atoms with Crippen LogP contribution in [0.25, 0.3) is 0 Å². The average molecular weight is 588 g/mol. The number of amides is 1. The van der Waals surface area contributed by atoms with Gasteiger partial charge in [-0.2, -0.15) is 13.2 Å². The number of alkyl halides is 3. The van der Waals surface area contributed by atoms with Gasteiger partial charge in [-0.1, -0.05) is 54.6 Å². The zero-order chi connectivity index (χ0) is 28.4. The lowest BCUT2D eigenvalue weighted by Gasteiger charge is -2.29. The molecule has 0 spiro atoms. The maximum absolute atomic E-state index is 12.6. The Morgan fingerprint density at radius 2 is 1.56 bits per heavy atom. The molecule has 6 nitrogen and oxygen atoms in total. The minimum absolute atomic E-state index is 0.186. The number of carbonyl (C=O) groups excluding carboxylic acids is 1. The topological polar surface area (TPSA) is 72.9 Å². The molecule has 2 fully saturated rings. The van der Waals surface area contributed by atoms with Crippen molar-refractivity contribution in [3.05, 3.63) is 63.6 Å². The van der Waals surface area contributed by atoms with Gasteiger partial charge in [-0.05, 0) is 74.2 Å². The van der Waals surface area contributed by atoms with E-state index >= 15 is 0 Å². The lowest BCUT2D eigenvalue weighted by Crippen LogP contribution is -2.34. The Kier molecular flexibility index (Phi) is 11.9. The Morgan fingerprint density at radius 3 is 2.23 bits per heavy atom. The maximum atomic E-state index is 12.6. The summed E-state index contributed by atoms with van der Waals surface area (Å²) in [6.45, 7) is 6.79. The van der Waals surface area contributed by atoms with Crippen molar-refractivity contribution in [2.24, 2.45) is 5.92 Å². The van der Waals surface area contributed by atoms with Crippen LogP contribution in [-0.2, 0) is 11.3 Å². The third kappa shape index (κ3) is 10.6. The van der Waals surface area contributed by atoms with Gasteiger partial charge in [0.15, 0.2) is 0 Å². The Balaban J connectivity index is 0.000000532. The normalized spacial score (nSPS) is 17.6. The predicted octanol–water partition coefficient (Wildman–Crippen LogP) is 6.97. The Labute approximate surface area is 237 Å². The van der Waals surface area contributed by atoms with E-state index in [9.17, 15) is 18.0 Å². The molecule has 0 unspecified atom stereocenters. The standard InChI is InChI=1S/C26H33Cl2N3O.C2HF3O2/c27-24-11-10-22(17-25(24)28)26(32)29-23-9-4-8-21(16-23)19-31-13-5-12-30(14-15-31)18-20-6-2-1-3-7-20;3-2(4,5)1(6)7/h4,8-11,16-17,20H,1-3,5-7,12-15,18-19H2,(H,29,32);(H,6,7). The molecule has 2 N–H and O–H groups in total. The fourth-order valence-corrected chi connectivity index (χ4v) is 5.24. The van der Waals surface area contributed by atoms with Crippen LogP contribution in [0, 0.1) is 5.92 Å². The number of hydrogen-bond donors (Lipinski definition) is 2. The first-order valence-electron chi connectivity index (χ1n) is 13.1. The quantitative estimate of drug-likeness (QED) is 0.382. The zero-order valence-electron chi connectivity index (χ0n) is 21.7. The lowest BCUT2D eigenvalue weighted by atomic mass is 9.89. The van der Waals surface area contributed by atoms with Crippen molar-refractivity contribution in [2.75, 3.05) is 38.0 Å². The van der Waals surface area contributed by atoms with E-state index in [2.05, 4.69) is 27.2 Å². The van der Waals surface area contributed by atoms with E-state index in [0.29, 0.717) is 15.6 Å². The number of hydrogen-bond acceptors (Lipinski definition) is 4. The fourth-order valence-electron chi connectivity index (χ4n) is 4.95. The van der Waals surface area contributed by atoms with Crippen molar-refractivity contribution in [1.29, 1.82) is 0 Å². The number of carboxylic acid groups (broad SMARTS) is 1. The number of carbonyl (C=O) groups is 2. The number of nitrogens with zero attached hydrogens (tertiary/aromatic N) is 2. The van der Waals surface area contributed by atoms with Crippen LogP contribution in [-0.4, -0.2) is 65.7 Å². The van der Waals surface area contributed by atoms with Crippen LogP contribution < -0.4 is 5.32 Å². The number of aliphatic carboxylic acids is 1. The average Bonchev–Trinajstić information content (AvgIpc) is 3.11. The molecule has 214 valence electrons. The summed E-state index contributed by atoms with van der Waals surface area (Å²) in [6.07, 6.45) is 3.24. The third-order valence-corrected chi connectivity index (χ3v) is 7.68. The van der Waals surface area contributed by atoms with Crippen molar-refractivity contribution >= 4 is 40.8 Å². The van der Waals surface area contributed by atoms with Crippen LogP contribution in [0.1, 0.15) is 54.4 Å². The minimum atomic E-state index is -5.08. The Morgan fingerprint density at radius 1 is 0.897 bits per heavy atom. The van der Waals surface area contributed by atoms with E-state index < -0.39 is 12.1 Å². The van der Waals surface area contributed by atoms with E-state index in [0.717, 1.165) is 37.8 Å². The summed E-state index contributed by atoms with van der Waals surface area (Å²) in [5, 5.41) is 10.9. The second-order valence-corrected chi connectivity index (χ2v) is 10.8. The molecule has 0 aromatic heterocycles. The highest BCUT2D eigenvalue weighted by atomic mass is 35.5. The number of nitrogens with one attached hydrogen (secondary N) is 1. The molecule has 1 aliphatic heterocycles. The minimum Gasteiger partial charge on any atom is -0.475 e. The number of rotatable bonds is 6. The van der Waals surface area contributed by atoms with E-state index in [1.54, 1.807) is 18.2 Å². The summed E-state index contributed by atoms with van der Waals surface area (Å²) in [5.41, 5.74) is 2.51. The van der Waals surface area contributed by atoms with Crippen LogP contribution in [0.4, 0.5) is 18.9 Å². The predicted molar refractivity (Wildman–Crippen MR) is 147 cm³/mol. The summed E-state index contributed by atoms with van der Waals surface area (Å²) in [6, 6.07) is 13.1. The second kappa shape index (κ2) is 14.9. The highest BCUT2D eigenvalue weighted by molar-refractivity contribution is 6.42. The van der Waals surface area contributed by atoms with Gasteiger partial charge in [0, 0.05) is 37.4 Å². The fraction of sp³-hybridized carbons (Fsp3) is 0.500. The summed E-state index contributed by atoms with van der Waals surface area (Å²) >= 11 is 12.0. The first kappa shape index (κ1) is 31.2. The lowest BCUT2D eigenvalue weighted by molar-refractivity contribution is -0.192. The molecule has 0 radical (unpaired) electrons. The van der Waals surface area contributed by atoms with E-state index in [1.165, 1.54) is 57.2 Å². The van der Waals surface area contributed by atoms with Gasteiger partial charge in [0.1, 0.15) is 0 Å². The van der Waals surface area contributed by atoms with Crippen molar-refractivity contribution in [3.63, 3.8) is 0 Å². The van der Waals surface area contributed by atoms with Crippen molar-refractivity contribution < 1.29 is 27.9 Å². The molecule has 2 aromatic carbocycles. The van der Waals surface area contributed by atoms with E-state index in [-0.39, 0.29) is 5.91 Å². The van der Waals surface area contributed by atoms with Gasteiger partial charge in [0.05, 0.1) is 10.0 Å². The first-order chi connectivity index (χ1) is 18.5. The van der Waals surface area contributed by atoms with Gasteiger partial charge >= 0.3 is 12.1 Å². The first-order valence-corrected chi connectivity index (χ1v) is 13.9. The number of anilines is 1. The SMILES string of the molecule is O=C(Nc1cccc(CN2CCCN(CC3CCCCC3)CC2)c1)c1ccc(Cl)c(Cl)c1.O=C(O)C(F)(F)F. The molecule has 11 heteroatoms. The monoisotopic (exact) mass is 587 g/mol. The summed E-state index contributed by atoms with van der Waals surface area (Å²) in [5.74, 6) is -2.03. The molecule has 1 amide bonds. The van der Waals surface area contributed by atoms with Crippen LogP contribution in [0.15, 0.2) is 42.5 Å². The second-order valence-electron chi connectivity index (χ2n) is 10.0. The van der Waals surface area contributed by atoms with Crippen LogP contribution >= 0.6 is 23.2 Å². The molecule has 2 aromatic rings. The highest BCUT2D eigenvalue weighted by Gasteiger charge is 2.38. The molecule has 0 bridgehead atoms. The smallest absolute Gasteiger partial charge is 0.475 e. The number of benzene rings is 2. The molecule has 1 heterocycles. The summed E-state index contributed by atoms with van der Waals surface area (Å²) in [4.78, 5) is 26.7. The van der Waals surface area contributed by atoms with Crippen molar-refractivity contribution in [1.82, 2.24) is 9.80 Å². The van der Waals surface area contributed by atoms with Crippen LogP contribution in [0.5, 0.6) is 0 Å². The van der Waals surface area contributed by atoms with E-state index in [4.69, 9.17) is 33.1 Å². The third-order valence-electron chi connectivity index (χ3n) is 6.94. The molecule has 1 saturated heterocycles. The summed E-state index contributed by atoms with van der Waals surface area (Å²) in [7, 11) is 0.